The lowest BCUT2D eigenvalue weighted by Crippen LogP contribution is -2.34. The summed E-state index contributed by atoms with van der Waals surface area (Å²) in [5.74, 6) is -1.37. The Morgan fingerprint density at radius 3 is 2.48 bits per heavy atom. The second-order valence-electron chi connectivity index (χ2n) is 5.58. The van der Waals surface area contributed by atoms with Crippen LogP contribution in [0.25, 0.3) is 0 Å². The third-order valence-electron chi connectivity index (χ3n) is 3.95. The fourth-order valence-electron chi connectivity index (χ4n) is 2.56. The second-order valence-corrected chi connectivity index (χ2v) is 5.58. The van der Waals surface area contributed by atoms with Gasteiger partial charge in [-0.1, -0.05) is 24.3 Å². The molecular formula is C17H21N3O3. The summed E-state index contributed by atoms with van der Waals surface area (Å²) in [5.41, 5.74) is 3.13. The van der Waals surface area contributed by atoms with E-state index in [9.17, 15) is 14.7 Å². The normalized spacial score (nSPS) is 12.0. The summed E-state index contributed by atoms with van der Waals surface area (Å²) < 4.78 is 1.57. The summed E-state index contributed by atoms with van der Waals surface area (Å²) in [6.07, 6.45) is -0.857. The number of carbonyl (C=O) groups is 2. The maximum Gasteiger partial charge on any atom is 0.292 e. The topological polar surface area (TPSA) is 84.2 Å². The molecule has 0 fully saturated rings. The van der Waals surface area contributed by atoms with Crippen LogP contribution < -0.4 is 5.32 Å². The molecule has 0 aliphatic heterocycles. The van der Waals surface area contributed by atoms with Crippen molar-refractivity contribution < 1.29 is 14.7 Å². The van der Waals surface area contributed by atoms with E-state index in [1.54, 1.807) is 31.6 Å². The summed E-state index contributed by atoms with van der Waals surface area (Å²) in [5, 5.41) is 16.8. The second kappa shape index (κ2) is 6.75. The molecule has 0 aliphatic rings. The van der Waals surface area contributed by atoms with Crippen LogP contribution in [-0.2, 0) is 11.8 Å². The SMILES string of the molecule is Cc1ccccc1C(O)CNC(=O)C(=O)c1c(C)nn(C)c1C. The Morgan fingerprint density at radius 2 is 1.91 bits per heavy atom. The van der Waals surface area contributed by atoms with E-state index in [4.69, 9.17) is 0 Å². The summed E-state index contributed by atoms with van der Waals surface area (Å²) >= 11 is 0. The molecule has 1 heterocycles. The smallest absolute Gasteiger partial charge is 0.292 e. The van der Waals surface area contributed by atoms with Crippen LogP contribution in [0.5, 0.6) is 0 Å². The van der Waals surface area contributed by atoms with Crippen molar-refractivity contribution in [3.63, 3.8) is 0 Å². The number of aryl methyl sites for hydroxylation is 3. The van der Waals surface area contributed by atoms with Crippen LogP contribution in [0.4, 0.5) is 0 Å². The van der Waals surface area contributed by atoms with E-state index in [0.717, 1.165) is 11.1 Å². The highest BCUT2D eigenvalue weighted by Crippen LogP contribution is 2.17. The van der Waals surface area contributed by atoms with E-state index in [1.165, 1.54) is 0 Å². The molecule has 0 spiro atoms. The number of rotatable bonds is 5. The highest BCUT2D eigenvalue weighted by Gasteiger charge is 2.24. The average Bonchev–Trinajstić information content (AvgIpc) is 2.77. The predicted octanol–water partition coefficient (Wildman–Crippen LogP) is 1.38. The zero-order chi connectivity index (χ0) is 17.1. The monoisotopic (exact) mass is 315 g/mol. The molecule has 6 heteroatoms. The van der Waals surface area contributed by atoms with Crippen molar-refractivity contribution in [1.82, 2.24) is 15.1 Å². The van der Waals surface area contributed by atoms with Crippen molar-refractivity contribution in [3.05, 3.63) is 52.3 Å². The Balaban J connectivity index is 2.05. The van der Waals surface area contributed by atoms with Gasteiger partial charge in [0.05, 0.1) is 17.4 Å². The Morgan fingerprint density at radius 1 is 1.26 bits per heavy atom. The van der Waals surface area contributed by atoms with Crippen LogP contribution in [0.3, 0.4) is 0 Å². The van der Waals surface area contributed by atoms with Gasteiger partial charge in [0, 0.05) is 19.3 Å². The Bertz CT molecular complexity index is 750. The number of aliphatic hydroxyl groups excluding tert-OH is 1. The lowest BCUT2D eigenvalue weighted by Gasteiger charge is -2.14. The Labute approximate surface area is 135 Å². The molecule has 1 aromatic heterocycles. The quantitative estimate of drug-likeness (QED) is 0.645. The van der Waals surface area contributed by atoms with E-state index >= 15 is 0 Å². The van der Waals surface area contributed by atoms with Crippen LogP contribution in [0, 0.1) is 20.8 Å². The van der Waals surface area contributed by atoms with Crippen molar-refractivity contribution in [1.29, 1.82) is 0 Å². The number of Topliss-reactive ketones (excluding diaryl/α,β-unsaturated/α-hetero) is 1. The zero-order valence-corrected chi connectivity index (χ0v) is 13.8. The number of hydrogen-bond acceptors (Lipinski definition) is 4. The molecule has 1 unspecified atom stereocenters. The van der Waals surface area contributed by atoms with Crippen molar-refractivity contribution in [2.24, 2.45) is 7.05 Å². The van der Waals surface area contributed by atoms with Crippen molar-refractivity contribution in [2.75, 3.05) is 6.54 Å². The number of aliphatic hydroxyl groups is 1. The average molecular weight is 315 g/mol. The highest BCUT2D eigenvalue weighted by molar-refractivity contribution is 6.43. The third-order valence-corrected chi connectivity index (χ3v) is 3.95. The van der Waals surface area contributed by atoms with E-state index < -0.39 is 17.8 Å². The lowest BCUT2D eigenvalue weighted by atomic mass is 10.0. The number of aromatic nitrogens is 2. The van der Waals surface area contributed by atoms with E-state index in [0.29, 0.717) is 17.0 Å². The van der Waals surface area contributed by atoms with Gasteiger partial charge in [-0.3, -0.25) is 14.3 Å². The molecule has 6 nitrogen and oxygen atoms in total. The number of benzene rings is 1. The van der Waals surface area contributed by atoms with E-state index in [1.807, 2.05) is 25.1 Å². The molecule has 1 atom stereocenters. The lowest BCUT2D eigenvalue weighted by molar-refractivity contribution is -0.117. The summed E-state index contributed by atoms with van der Waals surface area (Å²) in [4.78, 5) is 24.3. The van der Waals surface area contributed by atoms with E-state index in [-0.39, 0.29) is 6.54 Å². The molecule has 0 saturated heterocycles. The fourth-order valence-corrected chi connectivity index (χ4v) is 2.56. The van der Waals surface area contributed by atoms with Crippen molar-refractivity contribution in [2.45, 2.75) is 26.9 Å². The van der Waals surface area contributed by atoms with Gasteiger partial charge in [-0.05, 0) is 31.9 Å². The zero-order valence-electron chi connectivity index (χ0n) is 13.8. The first kappa shape index (κ1) is 16.9. The van der Waals surface area contributed by atoms with Gasteiger partial charge in [0.2, 0.25) is 0 Å². The van der Waals surface area contributed by atoms with Crippen molar-refractivity contribution in [3.8, 4) is 0 Å². The standard InChI is InChI=1S/C17H21N3O3/c1-10-7-5-6-8-13(10)14(21)9-18-17(23)16(22)15-11(2)19-20(4)12(15)3/h5-8,14,21H,9H2,1-4H3,(H,18,23). The number of amides is 1. The molecular weight excluding hydrogens is 294 g/mol. The minimum Gasteiger partial charge on any atom is -0.387 e. The van der Waals surface area contributed by atoms with Gasteiger partial charge < -0.3 is 10.4 Å². The van der Waals surface area contributed by atoms with Gasteiger partial charge in [0.25, 0.3) is 11.7 Å². The molecule has 122 valence electrons. The van der Waals surface area contributed by atoms with Crippen LogP contribution in [0.2, 0.25) is 0 Å². The van der Waals surface area contributed by atoms with Crippen LogP contribution in [-0.4, -0.2) is 33.1 Å². The van der Waals surface area contributed by atoms with Crippen molar-refractivity contribution >= 4 is 11.7 Å². The summed E-state index contributed by atoms with van der Waals surface area (Å²) in [6.45, 7) is 5.29. The largest absolute Gasteiger partial charge is 0.387 e. The number of hydrogen-bond donors (Lipinski definition) is 2. The number of nitrogens with one attached hydrogen (secondary N) is 1. The molecule has 1 amide bonds. The minimum absolute atomic E-state index is 0.0201. The van der Waals surface area contributed by atoms with Gasteiger partial charge in [0.1, 0.15) is 0 Å². The highest BCUT2D eigenvalue weighted by atomic mass is 16.3. The Hall–Kier alpha value is -2.47. The van der Waals surface area contributed by atoms with Gasteiger partial charge in [0.15, 0.2) is 0 Å². The molecule has 2 N–H and O–H groups in total. The molecule has 2 aromatic rings. The Kier molecular flexibility index (Phi) is 4.95. The number of nitrogens with zero attached hydrogens (tertiary/aromatic N) is 2. The molecule has 1 aromatic carbocycles. The van der Waals surface area contributed by atoms with Crippen LogP contribution in [0.1, 0.15) is 39.0 Å². The molecule has 0 bridgehead atoms. The first-order valence-corrected chi connectivity index (χ1v) is 7.39. The predicted molar refractivity (Wildman–Crippen MR) is 86.2 cm³/mol. The third kappa shape index (κ3) is 3.48. The molecule has 2 rings (SSSR count). The molecule has 0 radical (unpaired) electrons. The maximum absolute atomic E-state index is 12.3. The molecule has 23 heavy (non-hydrogen) atoms. The van der Waals surface area contributed by atoms with Gasteiger partial charge in [-0.2, -0.15) is 5.10 Å². The van der Waals surface area contributed by atoms with E-state index in [2.05, 4.69) is 10.4 Å². The fraction of sp³-hybridized carbons (Fsp3) is 0.353. The van der Waals surface area contributed by atoms with Gasteiger partial charge in [-0.25, -0.2) is 0 Å². The summed E-state index contributed by atoms with van der Waals surface area (Å²) in [7, 11) is 1.72. The number of carbonyl (C=O) groups excluding carboxylic acids is 2. The molecule has 0 aliphatic carbocycles. The van der Waals surface area contributed by atoms with Crippen LogP contribution in [0.15, 0.2) is 24.3 Å². The maximum atomic E-state index is 12.3. The summed E-state index contributed by atoms with van der Waals surface area (Å²) in [6, 6.07) is 7.37. The number of ketones is 1. The molecule has 0 saturated carbocycles. The minimum atomic E-state index is -0.857. The first-order chi connectivity index (χ1) is 10.8. The van der Waals surface area contributed by atoms with Crippen LogP contribution >= 0.6 is 0 Å². The van der Waals surface area contributed by atoms with Gasteiger partial charge in [-0.15, -0.1) is 0 Å². The first-order valence-electron chi connectivity index (χ1n) is 7.39. The van der Waals surface area contributed by atoms with Gasteiger partial charge >= 0.3 is 0 Å².